The molecule has 0 bridgehead atoms. The Morgan fingerprint density at radius 1 is 1.50 bits per heavy atom. The SMILES string of the molecule is CCN(Cn1c(=S)oc2ccc(Cl)cc21)C1CC1. The molecule has 5 heteroatoms. The lowest BCUT2D eigenvalue weighted by atomic mass is 10.3. The fourth-order valence-electron chi connectivity index (χ4n) is 2.26. The van der Waals surface area contributed by atoms with Gasteiger partial charge in [0.25, 0.3) is 4.84 Å². The van der Waals surface area contributed by atoms with Gasteiger partial charge in [0.15, 0.2) is 5.58 Å². The number of aromatic nitrogens is 1. The van der Waals surface area contributed by atoms with Gasteiger partial charge in [-0.1, -0.05) is 18.5 Å². The summed E-state index contributed by atoms with van der Waals surface area (Å²) in [5.41, 5.74) is 1.78. The smallest absolute Gasteiger partial charge is 0.270 e. The molecule has 0 unspecified atom stereocenters. The van der Waals surface area contributed by atoms with Gasteiger partial charge in [-0.3, -0.25) is 9.47 Å². The molecule has 0 aliphatic heterocycles. The van der Waals surface area contributed by atoms with Gasteiger partial charge in [0.2, 0.25) is 0 Å². The Morgan fingerprint density at radius 2 is 2.28 bits per heavy atom. The van der Waals surface area contributed by atoms with Crippen LogP contribution < -0.4 is 0 Å². The van der Waals surface area contributed by atoms with Gasteiger partial charge in [0, 0.05) is 11.1 Å². The summed E-state index contributed by atoms with van der Waals surface area (Å²) in [5, 5.41) is 0.710. The number of nitrogens with zero attached hydrogens (tertiary/aromatic N) is 2. The zero-order valence-electron chi connectivity index (χ0n) is 10.2. The van der Waals surface area contributed by atoms with E-state index in [0.717, 1.165) is 24.3 Å². The van der Waals surface area contributed by atoms with Crippen molar-refractivity contribution in [3.05, 3.63) is 28.1 Å². The van der Waals surface area contributed by atoms with Gasteiger partial charge < -0.3 is 4.42 Å². The van der Waals surface area contributed by atoms with Crippen LogP contribution in [0.3, 0.4) is 0 Å². The van der Waals surface area contributed by atoms with E-state index in [1.807, 2.05) is 22.8 Å². The van der Waals surface area contributed by atoms with E-state index >= 15 is 0 Å². The molecule has 18 heavy (non-hydrogen) atoms. The maximum absolute atomic E-state index is 6.04. The number of hydrogen-bond donors (Lipinski definition) is 0. The Morgan fingerprint density at radius 3 is 2.94 bits per heavy atom. The average Bonchev–Trinajstić information content (AvgIpc) is 3.13. The summed E-state index contributed by atoms with van der Waals surface area (Å²) in [6.45, 7) is 3.99. The Hall–Kier alpha value is -0.840. The van der Waals surface area contributed by atoms with Crippen LogP contribution in [0.5, 0.6) is 0 Å². The number of oxazole rings is 1. The minimum atomic E-state index is 0.520. The highest BCUT2D eigenvalue weighted by Gasteiger charge is 2.28. The average molecular weight is 283 g/mol. The molecule has 1 saturated carbocycles. The van der Waals surface area contributed by atoms with E-state index in [1.54, 1.807) is 0 Å². The highest BCUT2D eigenvalue weighted by Crippen LogP contribution is 2.28. The molecular formula is C13H15ClN2OS. The van der Waals surface area contributed by atoms with E-state index in [4.69, 9.17) is 28.2 Å². The lowest BCUT2D eigenvalue weighted by Crippen LogP contribution is -2.28. The molecule has 1 aromatic carbocycles. The van der Waals surface area contributed by atoms with Crippen molar-refractivity contribution in [3.63, 3.8) is 0 Å². The van der Waals surface area contributed by atoms with Crippen LogP contribution in [0.1, 0.15) is 19.8 Å². The van der Waals surface area contributed by atoms with E-state index in [0.29, 0.717) is 15.9 Å². The maximum atomic E-state index is 6.04. The molecule has 0 spiro atoms. The minimum absolute atomic E-state index is 0.520. The summed E-state index contributed by atoms with van der Waals surface area (Å²) in [4.78, 5) is 2.94. The molecule has 0 amide bonds. The first-order valence-electron chi connectivity index (χ1n) is 6.22. The molecule has 3 rings (SSSR count). The van der Waals surface area contributed by atoms with Gasteiger partial charge in [0.05, 0.1) is 12.2 Å². The predicted octanol–water partition coefficient (Wildman–Crippen LogP) is 4.06. The lowest BCUT2D eigenvalue weighted by molar-refractivity contribution is 0.217. The molecule has 3 nitrogen and oxygen atoms in total. The lowest BCUT2D eigenvalue weighted by Gasteiger charge is -2.20. The number of hydrogen-bond acceptors (Lipinski definition) is 3. The quantitative estimate of drug-likeness (QED) is 0.789. The molecule has 1 aliphatic rings. The third-order valence-electron chi connectivity index (χ3n) is 3.42. The minimum Gasteiger partial charge on any atom is -0.429 e. The van der Waals surface area contributed by atoms with Crippen molar-refractivity contribution >= 4 is 34.9 Å². The monoisotopic (exact) mass is 282 g/mol. The molecule has 1 fully saturated rings. The predicted molar refractivity (Wildman–Crippen MR) is 75.5 cm³/mol. The Kier molecular flexibility index (Phi) is 3.18. The van der Waals surface area contributed by atoms with Gasteiger partial charge in [-0.2, -0.15) is 0 Å². The first-order valence-corrected chi connectivity index (χ1v) is 7.00. The molecule has 1 heterocycles. The van der Waals surface area contributed by atoms with Crippen molar-refractivity contribution in [2.24, 2.45) is 0 Å². The van der Waals surface area contributed by atoms with Crippen LogP contribution in [-0.2, 0) is 6.67 Å². The van der Waals surface area contributed by atoms with Crippen molar-refractivity contribution in [1.29, 1.82) is 0 Å². The van der Waals surface area contributed by atoms with Crippen LogP contribution in [0.2, 0.25) is 5.02 Å². The van der Waals surface area contributed by atoms with Gasteiger partial charge in [-0.25, -0.2) is 0 Å². The Labute approximate surface area is 116 Å². The van der Waals surface area contributed by atoms with Gasteiger partial charge >= 0.3 is 0 Å². The number of halogens is 1. The molecule has 96 valence electrons. The number of fused-ring (bicyclic) bond motifs is 1. The van der Waals surface area contributed by atoms with Crippen LogP contribution in [-0.4, -0.2) is 22.1 Å². The van der Waals surface area contributed by atoms with Crippen LogP contribution in [0.4, 0.5) is 0 Å². The number of benzene rings is 1. The summed E-state index contributed by atoms with van der Waals surface area (Å²) in [5.74, 6) is 0. The molecule has 0 atom stereocenters. The number of rotatable bonds is 4. The molecule has 0 radical (unpaired) electrons. The van der Waals surface area contributed by atoms with Crippen molar-refractivity contribution in [1.82, 2.24) is 9.47 Å². The van der Waals surface area contributed by atoms with Crippen LogP contribution in [0, 0.1) is 4.84 Å². The molecule has 1 aromatic heterocycles. The summed E-state index contributed by atoms with van der Waals surface area (Å²) < 4.78 is 7.62. The highest BCUT2D eigenvalue weighted by atomic mass is 35.5. The zero-order chi connectivity index (χ0) is 12.7. The van der Waals surface area contributed by atoms with E-state index in [2.05, 4.69) is 11.8 Å². The first-order chi connectivity index (χ1) is 8.69. The van der Waals surface area contributed by atoms with E-state index < -0.39 is 0 Å². The maximum Gasteiger partial charge on any atom is 0.270 e. The summed E-state index contributed by atoms with van der Waals surface area (Å²) >= 11 is 11.3. The van der Waals surface area contributed by atoms with E-state index in [-0.39, 0.29) is 0 Å². The van der Waals surface area contributed by atoms with Crippen molar-refractivity contribution in [3.8, 4) is 0 Å². The molecule has 0 N–H and O–H groups in total. The molecule has 1 aliphatic carbocycles. The van der Waals surface area contributed by atoms with Crippen molar-refractivity contribution in [2.45, 2.75) is 32.5 Å². The summed E-state index contributed by atoms with van der Waals surface area (Å²) in [7, 11) is 0. The Bertz CT molecular complexity index is 629. The van der Waals surface area contributed by atoms with Crippen LogP contribution in [0.25, 0.3) is 11.1 Å². The molecular weight excluding hydrogens is 268 g/mol. The van der Waals surface area contributed by atoms with Crippen molar-refractivity contribution in [2.75, 3.05) is 6.54 Å². The highest BCUT2D eigenvalue weighted by molar-refractivity contribution is 7.71. The second-order valence-corrected chi connectivity index (χ2v) is 5.47. The first kappa shape index (κ1) is 12.2. The van der Waals surface area contributed by atoms with E-state index in [1.165, 1.54) is 12.8 Å². The fraction of sp³-hybridized carbons (Fsp3) is 0.462. The largest absolute Gasteiger partial charge is 0.429 e. The van der Waals surface area contributed by atoms with Gasteiger partial charge in [0.1, 0.15) is 0 Å². The summed E-state index contributed by atoms with van der Waals surface area (Å²) in [6, 6.07) is 6.32. The van der Waals surface area contributed by atoms with Crippen molar-refractivity contribution < 1.29 is 4.42 Å². The standard InChI is InChI=1S/C13H15ClN2OS/c1-2-15(10-4-5-10)8-16-11-7-9(14)3-6-12(11)17-13(16)18/h3,6-7,10H,2,4-5,8H2,1H3. The van der Waals surface area contributed by atoms with Gasteiger partial charge in [-0.05, 0) is 49.8 Å². The Balaban J connectivity index is 2.01. The van der Waals surface area contributed by atoms with Crippen LogP contribution >= 0.6 is 23.8 Å². The normalized spacial score (nSPS) is 15.7. The third-order valence-corrected chi connectivity index (χ3v) is 3.96. The van der Waals surface area contributed by atoms with Gasteiger partial charge in [-0.15, -0.1) is 0 Å². The fourth-order valence-corrected chi connectivity index (χ4v) is 2.68. The third kappa shape index (κ3) is 2.20. The van der Waals surface area contributed by atoms with E-state index in [9.17, 15) is 0 Å². The second kappa shape index (κ2) is 4.68. The topological polar surface area (TPSA) is 21.3 Å². The molecule has 2 aromatic rings. The second-order valence-electron chi connectivity index (χ2n) is 4.69. The zero-order valence-corrected chi connectivity index (χ0v) is 11.8. The summed E-state index contributed by atoms with van der Waals surface area (Å²) in [6.07, 6.45) is 2.58. The molecule has 0 saturated heterocycles. The van der Waals surface area contributed by atoms with Crippen LogP contribution in [0.15, 0.2) is 22.6 Å².